The molecule has 0 aliphatic rings. The first-order valence-electron chi connectivity index (χ1n) is 6.80. The number of carbonyl (C=O) groups is 1. The van der Waals surface area contributed by atoms with E-state index < -0.39 is 0 Å². The summed E-state index contributed by atoms with van der Waals surface area (Å²) < 4.78 is 5.42. The molecule has 0 aliphatic carbocycles. The highest BCUT2D eigenvalue weighted by molar-refractivity contribution is 6.30. The van der Waals surface area contributed by atoms with Crippen molar-refractivity contribution >= 4 is 28.9 Å². The third-order valence-electron chi connectivity index (χ3n) is 2.78. The topological polar surface area (TPSA) is 50.4 Å². The van der Waals surface area contributed by atoms with Crippen LogP contribution in [0.4, 0.5) is 11.4 Å². The van der Waals surface area contributed by atoms with Gasteiger partial charge >= 0.3 is 0 Å². The van der Waals surface area contributed by atoms with Gasteiger partial charge in [0.05, 0.1) is 6.54 Å². The Bertz CT molecular complexity index is 641. The molecule has 0 aliphatic heterocycles. The summed E-state index contributed by atoms with van der Waals surface area (Å²) in [7, 11) is 0. The number of anilines is 2. The Morgan fingerprint density at radius 2 is 1.95 bits per heavy atom. The minimum absolute atomic E-state index is 0.143. The lowest BCUT2D eigenvalue weighted by atomic mass is 10.3. The van der Waals surface area contributed by atoms with Gasteiger partial charge in [0, 0.05) is 22.5 Å². The van der Waals surface area contributed by atoms with E-state index in [9.17, 15) is 4.79 Å². The van der Waals surface area contributed by atoms with Gasteiger partial charge < -0.3 is 15.4 Å². The van der Waals surface area contributed by atoms with Gasteiger partial charge in [0.1, 0.15) is 12.4 Å². The summed E-state index contributed by atoms with van der Waals surface area (Å²) >= 11 is 5.81. The molecule has 0 saturated carbocycles. The number of halogens is 1. The van der Waals surface area contributed by atoms with Crippen LogP contribution >= 0.6 is 11.6 Å². The molecule has 1 amide bonds. The lowest BCUT2D eigenvalue weighted by Gasteiger charge is -2.09. The van der Waals surface area contributed by atoms with Crippen LogP contribution in [0.2, 0.25) is 5.02 Å². The number of benzene rings is 2. The van der Waals surface area contributed by atoms with E-state index in [1.165, 1.54) is 0 Å². The van der Waals surface area contributed by atoms with Crippen LogP contribution in [0.1, 0.15) is 0 Å². The fourth-order valence-corrected chi connectivity index (χ4v) is 1.90. The molecule has 114 valence electrons. The second-order valence-electron chi connectivity index (χ2n) is 4.54. The Hall–Kier alpha value is -2.46. The number of nitrogens with one attached hydrogen (secondary N) is 2. The van der Waals surface area contributed by atoms with E-state index in [-0.39, 0.29) is 12.5 Å². The fraction of sp³-hybridized carbons (Fsp3) is 0.118. The maximum atomic E-state index is 11.9. The zero-order chi connectivity index (χ0) is 15.8. The van der Waals surface area contributed by atoms with Crippen LogP contribution in [-0.2, 0) is 4.79 Å². The van der Waals surface area contributed by atoms with Gasteiger partial charge in [0.25, 0.3) is 0 Å². The molecule has 0 bridgehead atoms. The van der Waals surface area contributed by atoms with Crippen LogP contribution in [0, 0.1) is 0 Å². The van der Waals surface area contributed by atoms with Crippen molar-refractivity contribution in [2.45, 2.75) is 0 Å². The number of carbonyl (C=O) groups excluding carboxylic acids is 1. The first kappa shape index (κ1) is 15.9. The Labute approximate surface area is 134 Å². The molecule has 2 N–H and O–H groups in total. The molecule has 0 spiro atoms. The summed E-state index contributed by atoms with van der Waals surface area (Å²) in [5.74, 6) is 0.541. The van der Waals surface area contributed by atoms with Crippen molar-refractivity contribution in [3.05, 3.63) is 66.2 Å². The Balaban J connectivity index is 1.86. The zero-order valence-corrected chi connectivity index (χ0v) is 12.8. The summed E-state index contributed by atoms with van der Waals surface area (Å²) in [6.07, 6.45) is 1.67. The van der Waals surface area contributed by atoms with E-state index in [1.54, 1.807) is 30.3 Å². The van der Waals surface area contributed by atoms with Gasteiger partial charge in [0.2, 0.25) is 5.91 Å². The monoisotopic (exact) mass is 316 g/mol. The number of hydrogen-bond acceptors (Lipinski definition) is 3. The predicted molar refractivity (Wildman–Crippen MR) is 90.7 cm³/mol. The van der Waals surface area contributed by atoms with E-state index in [0.29, 0.717) is 23.1 Å². The van der Waals surface area contributed by atoms with Gasteiger partial charge in [-0.1, -0.05) is 30.3 Å². The molecular formula is C17H17ClN2O2. The molecule has 0 aromatic heterocycles. The molecule has 0 atom stereocenters. The summed E-state index contributed by atoms with van der Waals surface area (Å²) in [5.41, 5.74) is 1.52. The Morgan fingerprint density at radius 1 is 1.18 bits per heavy atom. The lowest BCUT2D eigenvalue weighted by Crippen LogP contribution is -2.21. The Kier molecular flexibility index (Phi) is 5.86. The maximum absolute atomic E-state index is 11.9. The van der Waals surface area contributed by atoms with Crippen molar-refractivity contribution in [3.8, 4) is 5.75 Å². The minimum Gasteiger partial charge on any atom is -0.489 e. The van der Waals surface area contributed by atoms with Crippen LogP contribution < -0.4 is 15.4 Å². The molecular weight excluding hydrogens is 300 g/mol. The third kappa shape index (κ3) is 5.14. The number of amides is 1. The smallest absolute Gasteiger partial charge is 0.243 e. The second kappa shape index (κ2) is 8.10. The minimum atomic E-state index is -0.143. The van der Waals surface area contributed by atoms with Crippen LogP contribution in [-0.4, -0.2) is 19.1 Å². The molecule has 2 aromatic carbocycles. The van der Waals surface area contributed by atoms with E-state index in [0.717, 1.165) is 5.69 Å². The van der Waals surface area contributed by atoms with Crippen LogP contribution in [0.15, 0.2) is 61.2 Å². The van der Waals surface area contributed by atoms with Gasteiger partial charge in [-0.3, -0.25) is 4.79 Å². The summed E-state index contributed by atoms with van der Waals surface area (Å²) in [4.78, 5) is 11.9. The molecule has 2 rings (SSSR count). The molecule has 5 heteroatoms. The largest absolute Gasteiger partial charge is 0.489 e. The van der Waals surface area contributed by atoms with Crippen molar-refractivity contribution < 1.29 is 9.53 Å². The number of rotatable bonds is 7. The van der Waals surface area contributed by atoms with Gasteiger partial charge in [-0.05, 0) is 36.4 Å². The third-order valence-corrected chi connectivity index (χ3v) is 3.03. The van der Waals surface area contributed by atoms with E-state index in [4.69, 9.17) is 16.3 Å². The molecule has 0 radical (unpaired) electrons. The average Bonchev–Trinajstić information content (AvgIpc) is 2.53. The van der Waals surface area contributed by atoms with Crippen molar-refractivity contribution in [3.63, 3.8) is 0 Å². The van der Waals surface area contributed by atoms with Crippen molar-refractivity contribution in [1.82, 2.24) is 0 Å². The van der Waals surface area contributed by atoms with E-state index in [2.05, 4.69) is 17.2 Å². The van der Waals surface area contributed by atoms with E-state index in [1.807, 2.05) is 24.3 Å². The summed E-state index contributed by atoms with van der Waals surface area (Å²) in [6.45, 7) is 4.19. The van der Waals surface area contributed by atoms with Gasteiger partial charge in [-0.2, -0.15) is 0 Å². The quantitative estimate of drug-likeness (QED) is 0.760. The highest BCUT2D eigenvalue weighted by Crippen LogP contribution is 2.17. The second-order valence-corrected chi connectivity index (χ2v) is 4.97. The normalized spacial score (nSPS) is 9.86. The van der Waals surface area contributed by atoms with Crippen LogP contribution in [0.3, 0.4) is 0 Å². The zero-order valence-electron chi connectivity index (χ0n) is 12.0. The SMILES string of the molecule is C=CCOc1cccc(NC(=O)CNc2ccc(Cl)cc2)c1. The Morgan fingerprint density at radius 3 is 2.68 bits per heavy atom. The molecule has 2 aromatic rings. The maximum Gasteiger partial charge on any atom is 0.243 e. The van der Waals surface area contributed by atoms with Gasteiger partial charge in [0.15, 0.2) is 0 Å². The molecule has 4 nitrogen and oxygen atoms in total. The first-order chi connectivity index (χ1) is 10.7. The average molecular weight is 317 g/mol. The molecule has 22 heavy (non-hydrogen) atoms. The predicted octanol–water partition coefficient (Wildman–Crippen LogP) is 3.96. The van der Waals surface area contributed by atoms with Crippen molar-refractivity contribution in [1.29, 1.82) is 0 Å². The van der Waals surface area contributed by atoms with Crippen LogP contribution in [0.5, 0.6) is 5.75 Å². The van der Waals surface area contributed by atoms with Crippen LogP contribution in [0.25, 0.3) is 0 Å². The van der Waals surface area contributed by atoms with E-state index >= 15 is 0 Å². The number of hydrogen-bond donors (Lipinski definition) is 2. The molecule has 0 saturated heterocycles. The lowest BCUT2D eigenvalue weighted by molar-refractivity contribution is -0.114. The molecule has 0 unspecified atom stereocenters. The number of ether oxygens (including phenoxy) is 1. The summed E-state index contributed by atoms with van der Waals surface area (Å²) in [5, 5.41) is 6.49. The highest BCUT2D eigenvalue weighted by atomic mass is 35.5. The van der Waals surface area contributed by atoms with Gasteiger partial charge in [-0.25, -0.2) is 0 Å². The standard InChI is InChI=1S/C17H17ClN2O2/c1-2-10-22-16-5-3-4-15(11-16)20-17(21)12-19-14-8-6-13(18)7-9-14/h2-9,11,19H,1,10,12H2,(H,20,21). The first-order valence-corrected chi connectivity index (χ1v) is 7.18. The molecule has 0 heterocycles. The van der Waals surface area contributed by atoms with Crippen molar-refractivity contribution in [2.24, 2.45) is 0 Å². The summed E-state index contributed by atoms with van der Waals surface area (Å²) in [6, 6.07) is 14.4. The molecule has 0 fully saturated rings. The van der Waals surface area contributed by atoms with Gasteiger partial charge in [-0.15, -0.1) is 0 Å². The fourth-order valence-electron chi connectivity index (χ4n) is 1.77. The highest BCUT2D eigenvalue weighted by Gasteiger charge is 2.03. The van der Waals surface area contributed by atoms with Crippen molar-refractivity contribution in [2.75, 3.05) is 23.8 Å².